The van der Waals surface area contributed by atoms with E-state index in [1.54, 1.807) is 20.8 Å². The molecule has 0 aromatic carbocycles. The molecule has 0 heterocycles. The number of hydrogen-bond acceptors (Lipinski definition) is 2. The molecule has 0 aliphatic carbocycles. The van der Waals surface area contributed by atoms with Crippen molar-refractivity contribution < 1.29 is 8.42 Å². The summed E-state index contributed by atoms with van der Waals surface area (Å²) in [6.07, 6.45) is 0. The lowest BCUT2D eigenvalue weighted by atomic mass is 10.4. The molecule has 14 heavy (non-hydrogen) atoms. The minimum Gasteiger partial charge on any atom is -0.212 e. The molecule has 0 radical (unpaired) electrons. The van der Waals surface area contributed by atoms with Gasteiger partial charge < -0.3 is 0 Å². The Bertz CT molecular complexity index is 242. The van der Waals surface area contributed by atoms with E-state index in [-0.39, 0.29) is 16.5 Å². The van der Waals surface area contributed by atoms with Gasteiger partial charge in [-0.25, -0.2) is 8.42 Å². The first-order chi connectivity index (χ1) is 6.29. The van der Waals surface area contributed by atoms with Crippen molar-refractivity contribution in [2.24, 2.45) is 0 Å². The summed E-state index contributed by atoms with van der Waals surface area (Å²) in [6.45, 7) is 5.76. The molecule has 0 aromatic heterocycles. The molecule has 0 bridgehead atoms. The first-order valence-electron chi connectivity index (χ1n) is 4.55. The van der Waals surface area contributed by atoms with Crippen LogP contribution >= 0.6 is 23.2 Å². The van der Waals surface area contributed by atoms with Crippen molar-refractivity contribution in [3.63, 3.8) is 0 Å². The molecule has 2 unspecified atom stereocenters. The second kappa shape index (κ2) is 6.16. The fourth-order valence-corrected chi connectivity index (χ4v) is 2.81. The molecule has 0 saturated heterocycles. The van der Waals surface area contributed by atoms with Crippen LogP contribution in [0.15, 0.2) is 0 Å². The SMILES string of the molecule is CCS(=O)(=O)N(CC(C)Cl)CC(C)Cl. The number of halogens is 2. The normalized spacial score (nSPS) is 17.0. The zero-order valence-electron chi connectivity index (χ0n) is 8.70. The van der Waals surface area contributed by atoms with E-state index < -0.39 is 10.0 Å². The molecule has 0 aliphatic rings. The van der Waals surface area contributed by atoms with Gasteiger partial charge in [0.15, 0.2) is 0 Å². The average molecular weight is 262 g/mol. The molecule has 0 aromatic rings. The zero-order chi connectivity index (χ0) is 11.4. The summed E-state index contributed by atoms with van der Waals surface area (Å²) in [5.41, 5.74) is 0. The minimum absolute atomic E-state index is 0.0835. The lowest BCUT2D eigenvalue weighted by Gasteiger charge is -2.23. The van der Waals surface area contributed by atoms with Crippen molar-refractivity contribution in [2.75, 3.05) is 18.8 Å². The highest BCUT2D eigenvalue weighted by atomic mass is 35.5. The Kier molecular flexibility index (Phi) is 6.37. The Morgan fingerprint density at radius 1 is 1.14 bits per heavy atom. The summed E-state index contributed by atoms with van der Waals surface area (Å²) in [4.78, 5) is 0. The third kappa shape index (κ3) is 5.39. The van der Waals surface area contributed by atoms with Crippen molar-refractivity contribution in [3.8, 4) is 0 Å². The number of sulfonamides is 1. The maximum absolute atomic E-state index is 11.6. The minimum atomic E-state index is -3.19. The fourth-order valence-electron chi connectivity index (χ4n) is 1.05. The lowest BCUT2D eigenvalue weighted by molar-refractivity contribution is 0.415. The van der Waals surface area contributed by atoms with E-state index in [4.69, 9.17) is 23.2 Å². The molecular formula is C8H17Cl2NO2S. The van der Waals surface area contributed by atoms with Crippen LogP contribution in [0, 0.1) is 0 Å². The molecular weight excluding hydrogens is 245 g/mol. The molecule has 0 spiro atoms. The smallest absolute Gasteiger partial charge is 0.212 e. The predicted octanol–water partition coefficient (Wildman–Crippen LogP) is 1.89. The van der Waals surface area contributed by atoms with Crippen LogP contribution in [-0.2, 0) is 10.0 Å². The van der Waals surface area contributed by atoms with Crippen molar-refractivity contribution in [2.45, 2.75) is 31.5 Å². The monoisotopic (exact) mass is 261 g/mol. The highest BCUT2D eigenvalue weighted by Crippen LogP contribution is 2.09. The summed E-state index contributed by atoms with van der Waals surface area (Å²) in [7, 11) is -3.19. The molecule has 0 saturated carbocycles. The van der Waals surface area contributed by atoms with Gasteiger partial charge in [-0.15, -0.1) is 23.2 Å². The van der Waals surface area contributed by atoms with E-state index in [9.17, 15) is 8.42 Å². The van der Waals surface area contributed by atoms with Gasteiger partial charge in [-0.1, -0.05) is 0 Å². The van der Waals surface area contributed by atoms with Crippen LogP contribution in [0.4, 0.5) is 0 Å². The average Bonchev–Trinajstić information content (AvgIpc) is 2.01. The highest BCUT2D eigenvalue weighted by molar-refractivity contribution is 7.89. The molecule has 0 fully saturated rings. The van der Waals surface area contributed by atoms with Gasteiger partial charge >= 0.3 is 0 Å². The molecule has 6 heteroatoms. The molecule has 0 rings (SSSR count). The Morgan fingerprint density at radius 3 is 1.71 bits per heavy atom. The van der Waals surface area contributed by atoms with E-state index in [1.807, 2.05) is 0 Å². The number of rotatable bonds is 6. The quantitative estimate of drug-likeness (QED) is 0.685. The van der Waals surface area contributed by atoms with E-state index in [0.29, 0.717) is 13.1 Å². The first-order valence-corrected chi connectivity index (χ1v) is 7.03. The number of nitrogens with zero attached hydrogens (tertiary/aromatic N) is 1. The van der Waals surface area contributed by atoms with E-state index in [0.717, 1.165) is 0 Å². The van der Waals surface area contributed by atoms with Gasteiger partial charge in [-0.05, 0) is 20.8 Å². The molecule has 2 atom stereocenters. The van der Waals surface area contributed by atoms with E-state index >= 15 is 0 Å². The van der Waals surface area contributed by atoms with Crippen molar-refractivity contribution in [1.82, 2.24) is 4.31 Å². The summed E-state index contributed by atoms with van der Waals surface area (Å²) in [6, 6.07) is 0. The third-order valence-electron chi connectivity index (χ3n) is 1.67. The molecule has 86 valence electrons. The maximum Gasteiger partial charge on any atom is 0.213 e. The Morgan fingerprint density at radius 2 is 1.50 bits per heavy atom. The number of hydrogen-bond donors (Lipinski definition) is 0. The predicted molar refractivity (Wildman–Crippen MR) is 61.7 cm³/mol. The fraction of sp³-hybridized carbons (Fsp3) is 1.00. The van der Waals surface area contributed by atoms with Crippen molar-refractivity contribution in [1.29, 1.82) is 0 Å². The van der Waals surface area contributed by atoms with Crippen LogP contribution in [0.3, 0.4) is 0 Å². The van der Waals surface area contributed by atoms with Crippen molar-refractivity contribution in [3.05, 3.63) is 0 Å². The summed E-state index contributed by atoms with van der Waals surface area (Å²) < 4.78 is 24.5. The van der Waals surface area contributed by atoms with Crippen LogP contribution in [-0.4, -0.2) is 42.3 Å². The molecule has 0 N–H and O–H groups in total. The largest absolute Gasteiger partial charge is 0.213 e. The summed E-state index contributed by atoms with van der Waals surface area (Å²) in [5.74, 6) is 0.0835. The number of alkyl halides is 2. The van der Waals surface area contributed by atoms with Gasteiger partial charge in [-0.2, -0.15) is 4.31 Å². The van der Waals surface area contributed by atoms with Crippen LogP contribution < -0.4 is 0 Å². The van der Waals surface area contributed by atoms with Crippen LogP contribution in [0.2, 0.25) is 0 Å². The lowest BCUT2D eigenvalue weighted by Crippen LogP contribution is -2.39. The third-order valence-corrected chi connectivity index (χ3v) is 3.76. The molecule has 0 aliphatic heterocycles. The van der Waals surface area contributed by atoms with Gasteiger partial charge in [0.25, 0.3) is 0 Å². The van der Waals surface area contributed by atoms with Crippen molar-refractivity contribution >= 4 is 33.2 Å². The highest BCUT2D eigenvalue weighted by Gasteiger charge is 2.22. The van der Waals surface area contributed by atoms with Crippen LogP contribution in [0.1, 0.15) is 20.8 Å². The maximum atomic E-state index is 11.6. The van der Waals surface area contributed by atoms with Crippen LogP contribution in [0.5, 0.6) is 0 Å². The van der Waals surface area contributed by atoms with Crippen LogP contribution in [0.25, 0.3) is 0 Å². The standard InChI is InChI=1S/C8H17Cl2NO2S/c1-4-14(12,13)11(5-7(2)9)6-8(3)10/h7-8H,4-6H2,1-3H3. The second-order valence-corrected chi connectivity index (χ2v) is 7.03. The Balaban J connectivity index is 4.55. The van der Waals surface area contributed by atoms with Gasteiger partial charge in [0.1, 0.15) is 0 Å². The molecule has 3 nitrogen and oxygen atoms in total. The van der Waals surface area contributed by atoms with Gasteiger partial charge in [-0.3, -0.25) is 0 Å². The molecule has 0 amide bonds. The van der Waals surface area contributed by atoms with E-state index in [2.05, 4.69) is 0 Å². The topological polar surface area (TPSA) is 37.4 Å². The van der Waals surface area contributed by atoms with Gasteiger partial charge in [0.2, 0.25) is 10.0 Å². The zero-order valence-corrected chi connectivity index (χ0v) is 11.0. The second-order valence-electron chi connectivity index (χ2n) is 3.28. The van der Waals surface area contributed by atoms with Gasteiger partial charge in [0.05, 0.1) is 5.75 Å². The van der Waals surface area contributed by atoms with E-state index in [1.165, 1.54) is 4.31 Å². The Labute approximate surface area is 96.4 Å². The van der Waals surface area contributed by atoms with Gasteiger partial charge in [0, 0.05) is 23.8 Å². The summed E-state index contributed by atoms with van der Waals surface area (Å²) in [5, 5.41) is -0.404. The summed E-state index contributed by atoms with van der Waals surface area (Å²) >= 11 is 11.5. The first kappa shape index (κ1) is 14.5. The Hall–Kier alpha value is 0.490.